The number of rotatable bonds is 0. The second-order valence-electron chi connectivity index (χ2n) is 0.807. The van der Waals surface area contributed by atoms with Gasteiger partial charge >= 0.3 is 0 Å². The normalized spacial score (nSPS) is 4.33. The van der Waals surface area contributed by atoms with Crippen LogP contribution in [0.5, 0.6) is 0 Å². The molecule has 0 aromatic heterocycles. The molecule has 0 saturated carbocycles. The van der Waals surface area contributed by atoms with E-state index in [1.165, 1.54) is 11.8 Å². The van der Waals surface area contributed by atoms with Gasteiger partial charge in [0.2, 0.25) is 0 Å². The minimum atomic E-state index is 1.25. The molecule has 0 unspecified atom stereocenters. The Balaban J connectivity index is 0. The Morgan fingerprint density at radius 1 is 1.67 bits per heavy atom. The van der Waals surface area contributed by atoms with Crippen molar-refractivity contribution in [3.8, 4) is 5.40 Å². The molecule has 0 aliphatic carbocycles. The highest BCUT2D eigenvalue weighted by atomic mass is 32.1. The highest BCUT2D eigenvalue weighted by molar-refractivity contribution is 7.85. The summed E-state index contributed by atoms with van der Waals surface area (Å²) < 4.78 is 0. The van der Waals surface area contributed by atoms with Gasteiger partial charge in [0.15, 0.2) is 0 Å². The quantitative estimate of drug-likeness (QED) is 0.367. The smallest absolute Gasteiger partial charge is 0.130 e. The third kappa shape index (κ3) is 1210. The van der Waals surface area contributed by atoms with Crippen LogP contribution in [0.1, 0.15) is 20.3 Å². The second kappa shape index (κ2) is 21.1. The predicted molar refractivity (Wildman–Crippen MR) is 30.6 cm³/mol. The van der Waals surface area contributed by atoms with Crippen molar-refractivity contribution in [2.24, 2.45) is 0 Å². The Labute approximate surface area is 44.4 Å². The van der Waals surface area contributed by atoms with Crippen LogP contribution in [-0.2, 0) is 0 Å². The molecule has 2 heteroatoms. The number of thiocyanates is 1. The lowest BCUT2D eigenvalue weighted by atomic mass is 10.6. The van der Waals surface area contributed by atoms with E-state index in [1.807, 2.05) is 0 Å². The molecule has 0 spiro atoms. The number of hydrogen-bond donors (Lipinski definition) is 1. The van der Waals surface area contributed by atoms with E-state index in [9.17, 15) is 0 Å². The predicted octanol–water partition coefficient (Wildman–Crippen LogP) is 1.81. The molecule has 0 rings (SSSR count). The van der Waals surface area contributed by atoms with Crippen LogP contribution in [0, 0.1) is 10.7 Å². The van der Waals surface area contributed by atoms with E-state index in [0.29, 0.717) is 0 Å². The Bertz CT molecular complexity index is 37.3. The van der Waals surface area contributed by atoms with E-state index < -0.39 is 0 Å². The van der Waals surface area contributed by atoms with E-state index in [4.69, 9.17) is 5.26 Å². The zero-order valence-electron chi connectivity index (χ0n) is 4.10. The van der Waals surface area contributed by atoms with Gasteiger partial charge in [0.1, 0.15) is 5.40 Å². The average molecular weight is 103 g/mol. The van der Waals surface area contributed by atoms with Gasteiger partial charge in [-0.15, -0.1) is 0 Å². The SMILES string of the molecule is CCC.N#CS. The van der Waals surface area contributed by atoms with Gasteiger partial charge in [0, 0.05) is 0 Å². The monoisotopic (exact) mass is 103 g/mol. The topological polar surface area (TPSA) is 23.8 Å². The lowest BCUT2D eigenvalue weighted by molar-refractivity contribution is 1.09. The van der Waals surface area contributed by atoms with E-state index in [1.54, 1.807) is 0 Å². The maximum atomic E-state index is 7.18. The molecule has 0 aromatic rings. The molecule has 0 amide bonds. The van der Waals surface area contributed by atoms with Gasteiger partial charge in [-0.05, 0) is 0 Å². The van der Waals surface area contributed by atoms with E-state index in [-0.39, 0.29) is 0 Å². The molecule has 0 fully saturated rings. The van der Waals surface area contributed by atoms with Gasteiger partial charge in [-0.25, -0.2) is 0 Å². The molecule has 0 radical (unpaired) electrons. The lowest BCUT2D eigenvalue weighted by Crippen LogP contribution is -1.27. The first-order chi connectivity index (χ1) is 2.83. The van der Waals surface area contributed by atoms with E-state index >= 15 is 0 Å². The van der Waals surface area contributed by atoms with Gasteiger partial charge in [0.05, 0.1) is 0 Å². The summed E-state index contributed by atoms with van der Waals surface area (Å²) in [6.07, 6.45) is 1.25. The van der Waals surface area contributed by atoms with Gasteiger partial charge in [-0.2, -0.15) is 5.26 Å². The van der Waals surface area contributed by atoms with Gasteiger partial charge in [-0.3, -0.25) is 0 Å². The van der Waals surface area contributed by atoms with E-state index in [0.717, 1.165) is 0 Å². The Morgan fingerprint density at radius 3 is 1.67 bits per heavy atom. The molecule has 0 aromatic carbocycles. The lowest BCUT2D eigenvalue weighted by Gasteiger charge is -1.48. The van der Waals surface area contributed by atoms with Crippen molar-refractivity contribution in [3.63, 3.8) is 0 Å². The third-order valence-electron chi connectivity index (χ3n) is 0. The fraction of sp³-hybridized carbons (Fsp3) is 0.750. The standard InChI is InChI=1S/C3H8.CHNS/c1-3-2;2-1-3/h3H2,1-2H3;3H. The van der Waals surface area contributed by atoms with Gasteiger partial charge < -0.3 is 0 Å². The summed E-state index contributed by atoms with van der Waals surface area (Å²) in [6, 6.07) is 0. The van der Waals surface area contributed by atoms with Crippen LogP contribution in [0.25, 0.3) is 0 Å². The Hall–Kier alpha value is -0.160. The molecule has 0 N–H and O–H groups in total. The molecular formula is C4H9NS. The fourth-order valence-electron chi connectivity index (χ4n) is 0. The van der Waals surface area contributed by atoms with Crippen molar-refractivity contribution in [2.45, 2.75) is 20.3 Å². The largest absolute Gasteiger partial charge is 0.185 e. The molecule has 36 valence electrons. The van der Waals surface area contributed by atoms with Crippen LogP contribution in [0.2, 0.25) is 0 Å². The molecule has 0 aliphatic rings. The summed E-state index contributed by atoms with van der Waals surface area (Å²) in [5.74, 6) is 0. The summed E-state index contributed by atoms with van der Waals surface area (Å²) in [4.78, 5) is 0. The zero-order chi connectivity index (χ0) is 5.41. The summed E-state index contributed by atoms with van der Waals surface area (Å²) in [7, 11) is 0. The van der Waals surface area contributed by atoms with Crippen LogP contribution in [0.15, 0.2) is 0 Å². The molecular weight excluding hydrogens is 94.1 g/mol. The van der Waals surface area contributed by atoms with Crippen molar-refractivity contribution in [3.05, 3.63) is 0 Å². The minimum absolute atomic E-state index is 1.25. The van der Waals surface area contributed by atoms with E-state index in [2.05, 4.69) is 26.5 Å². The van der Waals surface area contributed by atoms with Crippen LogP contribution >= 0.6 is 12.6 Å². The summed E-state index contributed by atoms with van der Waals surface area (Å²) in [5.41, 5.74) is 0. The highest BCUT2D eigenvalue weighted by Gasteiger charge is 1.35. The number of nitriles is 1. The van der Waals surface area contributed by atoms with Crippen LogP contribution < -0.4 is 0 Å². The van der Waals surface area contributed by atoms with Crippen molar-refractivity contribution in [1.82, 2.24) is 0 Å². The van der Waals surface area contributed by atoms with Crippen LogP contribution in [0.3, 0.4) is 0 Å². The first-order valence-corrected chi connectivity index (χ1v) is 2.31. The highest BCUT2D eigenvalue weighted by Crippen LogP contribution is 1.56. The fourth-order valence-corrected chi connectivity index (χ4v) is 0. The van der Waals surface area contributed by atoms with Crippen LogP contribution in [0.4, 0.5) is 0 Å². The third-order valence-corrected chi connectivity index (χ3v) is 0. The first-order valence-electron chi connectivity index (χ1n) is 1.86. The minimum Gasteiger partial charge on any atom is -0.185 e. The average Bonchev–Trinajstić information content (AvgIpc) is 1.39. The number of thiol groups is 1. The molecule has 0 aliphatic heterocycles. The summed E-state index contributed by atoms with van der Waals surface area (Å²) in [6.45, 7) is 4.25. The molecule has 0 bridgehead atoms. The van der Waals surface area contributed by atoms with Gasteiger partial charge in [-0.1, -0.05) is 32.9 Å². The zero-order valence-corrected chi connectivity index (χ0v) is 5.00. The second-order valence-corrected chi connectivity index (χ2v) is 1.01. The summed E-state index contributed by atoms with van der Waals surface area (Å²) >= 11 is 3.09. The number of hydrogen-bond acceptors (Lipinski definition) is 2. The summed E-state index contributed by atoms with van der Waals surface area (Å²) in [5, 5.41) is 8.63. The molecule has 0 heterocycles. The first kappa shape index (κ1) is 9.28. The number of nitrogens with zero attached hydrogens (tertiary/aromatic N) is 1. The Morgan fingerprint density at radius 2 is 1.67 bits per heavy atom. The van der Waals surface area contributed by atoms with Crippen molar-refractivity contribution in [1.29, 1.82) is 5.26 Å². The van der Waals surface area contributed by atoms with Crippen molar-refractivity contribution in [2.75, 3.05) is 0 Å². The Kier molecular flexibility index (Phi) is 32.6. The maximum Gasteiger partial charge on any atom is 0.130 e. The van der Waals surface area contributed by atoms with Crippen molar-refractivity contribution >= 4 is 12.6 Å². The maximum absolute atomic E-state index is 7.18. The molecule has 0 atom stereocenters. The van der Waals surface area contributed by atoms with Crippen molar-refractivity contribution < 1.29 is 0 Å². The van der Waals surface area contributed by atoms with Gasteiger partial charge in [0.25, 0.3) is 0 Å². The van der Waals surface area contributed by atoms with Crippen LogP contribution in [-0.4, -0.2) is 0 Å². The molecule has 1 nitrogen and oxygen atoms in total. The molecule has 0 saturated heterocycles. The molecule has 6 heavy (non-hydrogen) atoms.